The normalized spacial score (nSPS) is 10.0. The molecule has 0 fully saturated rings. The molecule has 0 aromatic rings. The van der Waals surface area contributed by atoms with Gasteiger partial charge in [0.15, 0.2) is 0 Å². The molecule has 0 aromatic heterocycles. The molecule has 0 aliphatic carbocycles. The predicted molar refractivity (Wildman–Crippen MR) is 64.0 cm³/mol. The molecule has 0 saturated carbocycles. The van der Waals surface area contributed by atoms with E-state index in [4.69, 9.17) is 0 Å². The van der Waals surface area contributed by atoms with E-state index < -0.39 is 0 Å². The first-order valence-corrected chi connectivity index (χ1v) is 5.36. The smallest absolute Gasteiger partial charge is 0.0144 e. The lowest BCUT2D eigenvalue weighted by Gasteiger charge is -2.12. The molecule has 0 spiro atoms. The monoisotopic (exact) mass is 196 g/mol. The highest BCUT2D eigenvalue weighted by Gasteiger charge is 1.97. The third kappa shape index (κ3) is 7.71. The van der Waals surface area contributed by atoms with Crippen molar-refractivity contribution in [3.05, 3.63) is 24.6 Å². The fourth-order valence-electron chi connectivity index (χ4n) is 1.00. The summed E-state index contributed by atoms with van der Waals surface area (Å²) < 4.78 is 0. The Hall–Kier alpha value is -0.920. The zero-order chi connectivity index (χ0) is 11.0. The first-order valence-electron chi connectivity index (χ1n) is 5.36. The molecule has 0 rings (SSSR count). The molecule has 14 heavy (non-hydrogen) atoms. The lowest BCUT2D eigenvalue weighted by molar-refractivity contribution is 0.605. The first kappa shape index (κ1) is 13.1. The van der Waals surface area contributed by atoms with Gasteiger partial charge in [0.25, 0.3) is 0 Å². The lowest BCUT2D eigenvalue weighted by atomic mass is 10.1. The molecule has 2 heteroatoms. The van der Waals surface area contributed by atoms with Gasteiger partial charge in [-0.05, 0) is 25.7 Å². The van der Waals surface area contributed by atoms with Crippen LogP contribution in [0.3, 0.4) is 0 Å². The van der Waals surface area contributed by atoms with Crippen LogP contribution in [0.4, 0.5) is 0 Å². The summed E-state index contributed by atoms with van der Waals surface area (Å²) in [5.74, 6) is 0.531. The van der Waals surface area contributed by atoms with Gasteiger partial charge in [0.05, 0.1) is 0 Å². The lowest BCUT2D eigenvalue weighted by Crippen LogP contribution is -2.19. The summed E-state index contributed by atoms with van der Waals surface area (Å²) in [5.41, 5.74) is 2.18. The molecule has 82 valence electrons. The van der Waals surface area contributed by atoms with Gasteiger partial charge in [0.1, 0.15) is 0 Å². The van der Waals surface area contributed by atoms with E-state index in [2.05, 4.69) is 37.6 Å². The van der Waals surface area contributed by atoms with Crippen molar-refractivity contribution in [1.82, 2.24) is 10.6 Å². The van der Waals surface area contributed by atoms with E-state index in [1.807, 2.05) is 6.92 Å². The van der Waals surface area contributed by atoms with Crippen LogP contribution in [0.5, 0.6) is 0 Å². The SMILES string of the molecule is C=C(C)NCCCCNC(=C)C(C)C. The van der Waals surface area contributed by atoms with Gasteiger partial charge < -0.3 is 10.6 Å². The molecule has 0 unspecified atom stereocenters. The highest BCUT2D eigenvalue weighted by atomic mass is 14.9. The van der Waals surface area contributed by atoms with E-state index in [1.165, 1.54) is 12.8 Å². The number of rotatable bonds is 8. The van der Waals surface area contributed by atoms with Gasteiger partial charge in [-0.1, -0.05) is 27.0 Å². The molecule has 0 amide bonds. The average molecular weight is 196 g/mol. The molecule has 0 atom stereocenters. The van der Waals surface area contributed by atoms with Crippen molar-refractivity contribution >= 4 is 0 Å². The summed E-state index contributed by atoms with van der Waals surface area (Å²) in [7, 11) is 0. The van der Waals surface area contributed by atoms with Crippen molar-refractivity contribution in [2.24, 2.45) is 5.92 Å². The molecule has 0 aromatic carbocycles. The average Bonchev–Trinajstić information content (AvgIpc) is 2.09. The van der Waals surface area contributed by atoms with Crippen LogP contribution in [-0.4, -0.2) is 13.1 Å². The van der Waals surface area contributed by atoms with Crippen LogP contribution in [0.25, 0.3) is 0 Å². The van der Waals surface area contributed by atoms with Gasteiger partial charge in [0, 0.05) is 24.5 Å². The van der Waals surface area contributed by atoms with Crippen LogP contribution in [0.1, 0.15) is 33.6 Å². The number of unbranched alkanes of at least 4 members (excludes halogenated alkanes) is 1. The fraction of sp³-hybridized carbons (Fsp3) is 0.667. The van der Waals surface area contributed by atoms with Crippen LogP contribution in [0.15, 0.2) is 24.6 Å². The minimum atomic E-state index is 0.531. The highest BCUT2D eigenvalue weighted by molar-refractivity contribution is 4.93. The molecule has 0 bridgehead atoms. The molecular weight excluding hydrogens is 172 g/mol. The van der Waals surface area contributed by atoms with E-state index in [9.17, 15) is 0 Å². The van der Waals surface area contributed by atoms with Crippen LogP contribution < -0.4 is 10.6 Å². The molecule has 0 heterocycles. The van der Waals surface area contributed by atoms with Crippen molar-refractivity contribution in [1.29, 1.82) is 0 Å². The van der Waals surface area contributed by atoms with Crippen molar-refractivity contribution in [2.45, 2.75) is 33.6 Å². The summed E-state index contributed by atoms with van der Waals surface area (Å²) in [6.07, 6.45) is 2.34. The van der Waals surface area contributed by atoms with Crippen molar-refractivity contribution in [3.63, 3.8) is 0 Å². The minimum absolute atomic E-state index is 0.531. The van der Waals surface area contributed by atoms with Gasteiger partial charge in [-0.25, -0.2) is 0 Å². The van der Waals surface area contributed by atoms with Gasteiger partial charge in [-0.3, -0.25) is 0 Å². The third-order valence-corrected chi connectivity index (χ3v) is 2.08. The fourth-order valence-corrected chi connectivity index (χ4v) is 1.00. The maximum atomic E-state index is 3.96. The second-order valence-electron chi connectivity index (χ2n) is 4.02. The second kappa shape index (κ2) is 7.48. The molecule has 2 N–H and O–H groups in total. The van der Waals surface area contributed by atoms with Crippen LogP contribution >= 0.6 is 0 Å². The largest absolute Gasteiger partial charge is 0.389 e. The Morgan fingerprint density at radius 1 is 1.07 bits per heavy atom. The maximum absolute atomic E-state index is 3.96. The summed E-state index contributed by atoms with van der Waals surface area (Å²) in [6.45, 7) is 16.1. The molecule has 2 nitrogen and oxygen atoms in total. The number of nitrogens with one attached hydrogen (secondary N) is 2. The summed E-state index contributed by atoms with van der Waals surface area (Å²) in [6, 6.07) is 0. The Kier molecular flexibility index (Phi) is 6.99. The third-order valence-electron chi connectivity index (χ3n) is 2.08. The van der Waals surface area contributed by atoms with Crippen molar-refractivity contribution in [2.75, 3.05) is 13.1 Å². The quantitative estimate of drug-likeness (QED) is 0.583. The van der Waals surface area contributed by atoms with E-state index in [0.29, 0.717) is 5.92 Å². The molecule has 0 saturated heterocycles. The van der Waals surface area contributed by atoms with Crippen molar-refractivity contribution in [3.8, 4) is 0 Å². The zero-order valence-corrected chi connectivity index (χ0v) is 9.82. The number of allylic oxidation sites excluding steroid dienone is 2. The highest BCUT2D eigenvalue weighted by Crippen LogP contribution is 2.01. The van der Waals surface area contributed by atoms with Crippen molar-refractivity contribution < 1.29 is 0 Å². The van der Waals surface area contributed by atoms with E-state index in [0.717, 1.165) is 24.5 Å². The van der Waals surface area contributed by atoms with Gasteiger partial charge in [-0.2, -0.15) is 0 Å². The summed E-state index contributed by atoms with van der Waals surface area (Å²) in [5, 5.41) is 6.54. The summed E-state index contributed by atoms with van der Waals surface area (Å²) >= 11 is 0. The predicted octanol–water partition coefficient (Wildman–Crippen LogP) is 2.65. The van der Waals surface area contributed by atoms with Gasteiger partial charge in [-0.15, -0.1) is 0 Å². The van der Waals surface area contributed by atoms with E-state index in [1.54, 1.807) is 0 Å². The standard InChI is InChI=1S/C12H24N2/c1-10(2)12(5)14-9-7-6-8-13-11(3)4/h10,13-14H,3,5-9H2,1-2,4H3. The van der Waals surface area contributed by atoms with Crippen LogP contribution in [0, 0.1) is 5.92 Å². The Morgan fingerprint density at radius 2 is 1.57 bits per heavy atom. The molecule has 0 aliphatic rings. The van der Waals surface area contributed by atoms with Gasteiger partial charge >= 0.3 is 0 Å². The Labute approximate surface area is 88.5 Å². The number of hydrogen-bond acceptors (Lipinski definition) is 2. The maximum Gasteiger partial charge on any atom is 0.0144 e. The van der Waals surface area contributed by atoms with Gasteiger partial charge in [0.2, 0.25) is 0 Å². The Bertz CT molecular complexity index is 183. The first-order chi connectivity index (χ1) is 6.54. The molecule has 0 radical (unpaired) electrons. The van der Waals surface area contributed by atoms with Crippen LogP contribution in [-0.2, 0) is 0 Å². The number of hydrogen-bond donors (Lipinski definition) is 2. The van der Waals surface area contributed by atoms with Crippen LogP contribution in [0.2, 0.25) is 0 Å². The van der Waals surface area contributed by atoms with E-state index >= 15 is 0 Å². The molecular formula is C12H24N2. The zero-order valence-electron chi connectivity index (χ0n) is 9.82. The molecule has 0 aliphatic heterocycles. The Morgan fingerprint density at radius 3 is 2.00 bits per heavy atom. The summed E-state index contributed by atoms with van der Waals surface area (Å²) in [4.78, 5) is 0. The second-order valence-corrected chi connectivity index (χ2v) is 4.02. The topological polar surface area (TPSA) is 24.1 Å². The Balaban J connectivity index is 3.22. The van der Waals surface area contributed by atoms with E-state index in [-0.39, 0.29) is 0 Å². The minimum Gasteiger partial charge on any atom is -0.389 e.